The van der Waals surface area contributed by atoms with Crippen molar-refractivity contribution in [1.82, 2.24) is 5.32 Å². The van der Waals surface area contributed by atoms with Crippen molar-refractivity contribution in [2.24, 2.45) is 0 Å². The molecule has 1 rings (SSSR count). The van der Waals surface area contributed by atoms with Crippen LogP contribution in [0.1, 0.15) is 31.1 Å². The van der Waals surface area contributed by atoms with Gasteiger partial charge in [0.2, 0.25) is 5.75 Å². The SMILES string of the molecule is CCOc1cc(C(=O)OCCNCCCl)cc(OCC)c1OCC. The van der Waals surface area contributed by atoms with Crippen LogP contribution in [0, 0.1) is 0 Å². The van der Waals surface area contributed by atoms with Gasteiger partial charge in [-0.15, -0.1) is 11.6 Å². The molecule has 0 spiro atoms. The van der Waals surface area contributed by atoms with Crippen LogP contribution in [0.15, 0.2) is 12.1 Å². The summed E-state index contributed by atoms with van der Waals surface area (Å²) in [4.78, 5) is 12.2. The largest absolute Gasteiger partial charge is 0.490 e. The van der Waals surface area contributed by atoms with Gasteiger partial charge in [-0.3, -0.25) is 0 Å². The minimum atomic E-state index is -0.437. The van der Waals surface area contributed by atoms with Gasteiger partial charge < -0.3 is 24.3 Å². The van der Waals surface area contributed by atoms with E-state index in [2.05, 4.69) is 5.32 Å². The summed E-state index contributed by atoms with van der Waals surface area (Å²) < 4.78 is 22.0. The second-order valence-electron chi connectivity index (χ2n) is 4.68. The zero-order chi connectivity index (χ0) is 17.8. The first-order valence-corrected chi connectivity index (χ1v) is 8.71. The molecule has 0 saturated heterocycles. The first-order valence-electron chi connectivity index (χ1n) is 8.18. The van der Waals surface area contributed by atoms with Crippen LogP contribution in [0.25, 0.3) is 0 Å². The van der Waals surface area contributed by atoms with Crippen LogP contribution in [-0.4, -0.2) is 51.4 Å². The number of esters is 1. The first kappa shape index (κ1) is 20.4. The average Bonchev–Trinajstić information content (AvgIpc) is 2.57. The highest BCUT2D eigenvalue weighted by molar-refractivity contribution is 6.18. The summed E-state index contributed by atoms with van der Waals surface area (Å²) in [7, 11) is 0. The minimum absolute atomic E-state index is 0.261. The molecule has 0 aliphatic rings. The lowest BCUT2D eigenvalue weighted by atomic mass is 10.2. The summed E-state index contributed by atoms with van der Waals surface area (Å²) in [6, 6.07) is 3.23. The topological polar surface area (TPSA) is 66.0 Å². The van der Waals surface area contributed by atoms with Crippen LogP contribution >= 0.6 is 11.6 Å². The van der Waals surface area contributed by atoms with Gasteiger partial charge in [-0.1, -0.05) is 0 Å². The monoisotopic (exact) mass is 359 g/mol. The first-order chi connectivity index (χ1) is 11.7. The van der Waals surface area contributed by atoms with E-state index in [1.54, 1.807) is 12.1 Å². The Balaban J connectivity index is 2.90. The van der Waals surface area contributed by atoms with E-state index >= 15 is 0 Å². The number of carbonyl (C=O) groups is 1. The Bertz CT molecular complexity index is 483. The molecule has 0 saturated carbocycles. The van der Waals surface area contributed by atoms with Crippen molar-refractivity contribution in [3.63, 3.8) is 0 Å². The Morgan fingerprint density at radius 2 is 1.58 bits per heavy atom. The Hall–Kier alpha value is -1.66. The second kappa shape index (κ2) is 11.8. The van der Waals surface area contributed by atoms with Crippen LogP contribution in [-0.2, 0) is 4.74 Å². The molecular weight excluding hydrogens is 334 g/mol. The Morgan fingerprint density at radius 3 is 2.08 bits per heavy atom. The van der Waals surface area contributed by atoms with Crippen molar-refractivity contribution < 1.29 is 23.7 Å². The van der Waals surface area contributed by atoms with Gasteiger partial charge >= 0.3 is 5.97 Å². The van der Waals surface area contributed by atoms with Gasteiger partial charge in [-0.2, -0.15) is 0 Å². The maximum atomic E-state index is 12.2. The number of rotatable bonds is 12. The van der Waals surface area contributed by atoms with Crippen LogP contribution in [0.4, 0.5) is 0 Å². The summed E-state index contributed by atoms with van der Waals surface area (Å²) in [5, 5.41) is 3.05. The molecule has 136 valence electrons. The van der Waals surface area contributed by atoms with E-state index in [1.165, 1.54) is 0 Å². The second-order valence-corrected chi connectivity index (χ2v) is 5.05. The van der Waals surface area contributed by atoms with Crippen molar-refractivity contribution >= 4 is 17.6 Å². The van der Waals surface area contributed by atoms with Crippen LogP contribution in [0.3, 0.4) is 0 Å². The molecule has 0 aliphatic carbocycles. The summed E-state index contributed by atoms with van der Waals surface area (Å²) >= 11 is 5.56. The fourth-order valence-electron chi connectivity index (χ4n) is 2.00. The minimum Gasteiger partial charge on any atom is -0.490 e. The van der Waals surface area contributed by atoms with Crippen LogP contribution in [0.2, 0.25) is 0 Å². The van der Waals surface area contributed by atoms with Gasteiger partial charge in [0.05, 0.1) is 25.4 Å². The van der Waals surface area contributed by atoms with Crippen molar-refractivity contribution in [1.29, 1.82) is 0 Å². The zero-order valence-corrected chi connectivity index (χ0v) is 15.3. The molecule has 0 amide bonds. The van der Waals surface area contributed by atoms with E-state index < -0.39 is 5.97 Å². The molecule has 24 heavy (non-hydrogen) atoms. The van der Waals surface area contributed by atoms with Crippen molar-refractivity contribution in [3.05, 3.63) is 17.7 Å². The van der Waals surface area contributed by atoms with Gasteiger partial charge in [-0.25, -0.2) is 4.79 Å². The highest BCUT2D eigenvalue weighted by Gasteiger charge is 2.19. The summed E-state index contributed by atoms with van der Waals surface area (Å²) in [5.41, 5.74) is 0.364. The highest BCUT2D eigenvalue weighted by atomic mass is 35.5. The molecule has 7 heteroatoms. The molecule has 0 fully saturated rings. The van der Waals surface area contributed by atoms with Crippen molar-refractivity contribution in [3.8, 4) is 17.2 Å². The molecule has 1 aromatic rings. The van der Waals surface area contributed by atoms with E-state index in [0.29, 0.717) is 61.6 Å². The lowest BCUT2D eigenvalue weighted by Gasteiger charge is -2.16. The zero-order valence-electron chi connectivity index (χ0n) is 14.5. The maximum absolute atomic E-state index is 12.2. The molecule has 0 aromatic heterocycles. The third-order valence-corrected chi connectivity index (χ3v) is 3.12. The number of ether oxygens (including phenoxy) is 4. The van der Waals surface area contributed by atoms with Gasteiger partial charge in [0.25, 0.3) is 0 Å². The molecule has 0 radical (unpaired) electrons. The molecule has 1 N–H and O–H groups in total. The average molecular weight is 360 g/mol. The fraction of sp³-hybridized carbons (Fsp3) is 0.588. The Kier molecular flexibility index (Phi) is 10.0. The predicted molar refractivity (Wildman–Crippen MR) is 93.8 cm³/mol. The molecular formula is C17H26ClNO5. The third-order valence-electron chi connectivity index (χ3n) is 2.93. The van der Waals surface area contributed by atoms with Crippen LogP contribution in [0.5, 0.6) is 17.2 Å². The summed E-state index contributed by atoms with van der Waals surface area (Å²) in [6.07, 6.45) is 0. The third kappa shape index (κ3) is 6.45. The molecule has 1 aromatic carbocycles. The number of nitrogens with one attached hydrogen (secondary N) is 1. The van der Waals surface area contributed by atoms with E-state index in [4.69, 9.17) is 30.5 Å². The molecule has 0 unspecified atom stereocenters. The van der Waals surface area contributed by atoms with E-state index in [0.717, 1.165) is 0 Å². The molecule has 0 bridgehead atoms. The quantitative estimate of drug-likeness (QED) is 0.351. The predicted octanol–water partition coefficient (Wildman–Crippen LogP) is 2.87. The number of benzene rings is 1. The van der Waals surface area contributed by atoms with Gasteiger partial charge in [-0.05, 0) is 32.9 Å². The Labute approximate surface area is 148 Å². The highest BCUT2D eigenvalue weighted by Crippen LogP contribution is 2.39. The van der Waals surface area contributed by atoms with Gasteiger partial charge in [0.1, 0.15) is 6.61 Å². The smallest absolute Gasteiger partial charge is 0.338 e. The molecule has 0 heterocycles. The number of alkyl halides is 1. The van der Waals surface area contributed by atoms with Crippen molar-refractivity contribution in [2.45, 2.75) is 20.8 Å². The maximum Gasteiger partial charge on any atom is 0.338 e. The number of halogens is 1. The van der Waals surface area contributed by atoms with E-state index in [-0.39, 0.29) is 6.61 Å². The summed E-state index contributed by atoms with van der Waals surface area (Å²) in [6.45, 7) is 8.46. The number of hydrogen-bond acceptors (Lipinski definition) is 6. The van der Waals surface area contributed by atoms with E-state index in [1.807, 2.05) is 20.8 Å². The van der Waals surface area contributed by atoms with E-state index in [9.17, 15) is 4.79 Å². The standard InChI is InChI=1S/C17H26ClNO5/c1-4-21-14-11-13(17(20)24-10-9-19-8-7-18)12-15(22-5-2)16(14)23-6-3/h11-12,19H,4-10H2,1-3H3. The van der Waals surface area contributed by atoms with Crippen molar-refractivity contribution in [2.75, 3.05) is 45.4 Å². The lowest BCUT2D eigenvalue weighted by Crippen LogP contribution is -2.23. The molecule has 6 nitrogen and oxygen atoms in total. The van der Waals surface area contributed by atoms with Gasteiger partial charge in [0.15, 0.2) is 11.5 Å². The lowest BCUT2D eigenvalue weighted by molar-refractivity contribution is 0.0508. The van der Waals surface area contributed by atoms with Crippen LogP contribution < -0.4 is 19.5 Å². The number of carbonyl (C=O) groups excluding carboxylic acids is 1. The molecule has 0 atom stereocenters. The summed E-state index contributed by atoms with van der Waals surface area (Å²) in [5.74, 6) is 1.52. The fourth-order valence-corrected chi connectivity index (χ4v) is 2.13. The van der Waals surface area contributed by atoms with Gasteiger partial charge in [0, 0.05) is 19.0 Å². The number of hydrogen-bond donors (Lipinski definition) is 1. The normalized spacial score (nSPS) is 10.3. The Morgan fingerprint density at radius 1 is 1.00 bits per heavy atom. The molecule has 0 aliphatic heterocycles.